The molecule has 0 amide bonds. The number of methoxy groups -OCH3 is 1. The first-order chi connectivity index (χ1) is 12.0. The van der Waals surface area contributed by atoms with Crippen molar-refractivity contribution in [2.45, 2.75) is 51.5 Å². The molecule has 1 saturated carbocycles. The number of guanidine groups is 1. The van der Waals surface area contributed by atoms with E-state index in [-0.39, 0.29) is 5.54 Å². The number of aliphatic imine (C=N–C) groups is 1. The summed E-state index contributed by atoms with van der Waals surface area (Å²) in [6.45, 7) is 10.9. The first kappa shape index (κ1) is 20.5. The fourth-order valence-electron chi connectivity index (χ4n) is 4.03. The lowest BCUT2D eigenvalue weighted by Gasteiger charge is -2.41. The highest BCUT2D eigenvalue weighted by molar-refractivity contribution is 5.79. The predicted octanol–water partition coefficient (Wildman–Crippen LogP) is 1.86. The number of ether oxygens (including phenoxy) is 2. The Morgan fingerprint density at radius 2 is 1.88 bits per heavy atom. The van der Waals surface area contributed by atoms with Crippen LogP contribution in [0.3, 0.4) is 0 Å². The second kappa shape index (κ2) is 9.74. The molecule has 2 rings (SSSR count). The van der Waals surface area contributed by atoms with Gasteiger partial charge in [-0.3, -0.25) is 9.89 Å². The summed E-state index contributed by atoms with van der Waals surface area (Å²) >= 11 is 0. The molecule has 1 aliphatic heterocycles. The third-order valence-electron chi connectivity index (χ3n) is 5.91. The van der Waals surface area contributed by atoms with Gasteiger partial charge in [0.25, 0.3) is 0 Å². The fraction of sp³-hybridized carbons (Fsp3) is 0.947. The molecule has 6 nitrogen and oxygen atoms in total. The Balaban J connectivity index is 1.81. The maximum atomic E-state index is 5.47. The maximum Gasteiger partial charge on any atom is 0.191 e. The average Bonchev–Trinajstić information content (AvgIpc) is 3.10. The van der Waals surface area contributed by atoms with E-state index in [2.05, 4.69) is 34.4 Å². The monoisotopic (exact) mass is 354 g/mol. The summed E-state index contributed by atoms with van der Waals surface area (Å²) in [5, 5.41) is 7.11. The van der Waals surface area contributed by atoms with Crippen LogP contribution in [0.2, 0.25) is 0 Å². The van der Waals surface area contributed by atoms with Gasteiger partial charge in [0.15, 0.2) is 5.96 Å². The van der Waals surface area contributed by atoms with Crippen LogP contribution in [0.15, 0.2) is 4.99 Å². The molecule has 0 spiro atoms. The minimum absolute atomic E-state index is 0.0858. The zero-order valence-corrected chi connectivity index (χ0v) is 16.7. The SMILES string of the molecule is CN=C(NCC1(CCOC)CCCC1)NCC(C)(C)N1CCOCC1. The smallest absolute Gasteiger partial charge is 0.191 e. The molecule has 25 heavy (non-hydrogen) atoms. The summed E-state index contributed by atoms with van der Waals surface area (Å²) in [4.78, 5) is 6.92. The van der Waals surface area contributed by atoms with Crippen molar-refractivity contribution in [1.82, 2.24) is 15.5 Å². The molecular weight excluding hydrogens is 316 g/mol. The molecule has 1 aliphatic carbocycles. The molecule has 6 heteroatoms. The van der Waals surface area contributed by atoms with Crippen LogP contribution in [-0.2, 0) is 9.47 Å². The molecule has 0 aromatic rings. The lowest BCUT2D eigenvalue weighted by Crippen LogP contribution is -2.57. The highest BCUT2D eigenvalue weighted by Crippen LogP contribution is 2.40. The predicted molar refractivity (Wildman–Crippen MR) is 103 cm³/mol. The van der Waals surface area contributed by atoms with Crippen molar-refractivity contribution in [2.75, 3.05) is 60.2 Å². The Bertz CT molecular complexity index is 414. The number of morpholine rings is 1. The van der Waals surface area contributed by atoms with Gasteiger partial charge in [0.2, 0.25) is 0 Å². The molecule has 146 valence electrons. The van der Waals surface area contributed by atoms with Gasteiger partial charge < -0.3 is 20.1 Å². The van der Waals surface area contributed by atoms with E-state index < -0.39 is 0 Å². The first-order valence-electron chi connectivity index (χ1n) is 9.78. The van der Waals surface area contributed by atoms with E-state index in [0.717, 1.165) is 58.4 Å². The van der Waals surface area contributed by atoms with E-state index in [1.54, 1.807) is 7.11 Å². The zero-order valence-electron chi connectivity index (χ0n) is 16.7. The van der Waals surface area contributed by atoms with E-state index in [1.165, 1.54) is 25.7 Å². The molecule has 1 saturated heterocycles. The van der Waals surface area contributed by atoms with Crippen LogP contribution in [0.5, 0.6) is 0 Å². The quantitative estimate of drug-likeness (QED) is 0.515. The third kappa shape index (κ3) is 6.12. The number of hydrogen-bond donors (Lipinski definition) is 2. The Morgan fingerprint density at radius 1 is 1.20 bits per heavy atom. The summed E-state index contributed by atoms with van der Waals surface area (Å²) in [5.74, 6) is 0.907. The summed E-state index contributed by atoms with van der Waals surface area (Å²) in [6, 6.07) is 0. The van der Waals surface area contributed by atoms with Crippen LogP contribution in [0.4, 0.5) is 0 Å². The van der Waals surface area contributed by atoms with Gasteiger partial charge in [-0.05, 0) is 38.5 Å². The average molecular weight is 355 g/mol. The van der Waals surface area contributed by atoms with Crippen molar-refractivity contribution >= 4 is 5.96 Å². The van der Waals surface area contributed by atoms with Crippen molar-refractivity contribution in [3.05, 3.63) is 0 Å². The molecule has 0 aromatic carbocycles. The van der Waals surface area contributed by atoms with Crippen LogP contribution in [0.25, 0.3) is 0 Å². The van der Waals surface area contributed by atoms with Crippen molar-refractivity contribution in [2.24, 2.45) is 10.4 Å². The number of hydrogen-bond acceptors (Lipinski definition) is 4. The lowest BCUT2D eigenvalue weighted by atomic mass is 9.83. The highest BCUT2D eigenvalue weighted by atomic mass is 16.5. The molecule has 0 bridgehead atoms. The van der Waals surface area contributed by atoms with Gasteiger partial charge in [0.1, 0.15) is 0 Å². The summed E-state index contributed by atoms with van der Waals surface area (Å²) < 4.78 is 10.8. The molecule has 2 fully saturated rings. The van der Waals surface area contributed by atoms with Crippen LogP contribution >= 0.6 is 0 Å². The molecule has 0 aromatic heterocycles. The Hall–Kier alpha value is -0.850. The Labute approximate surface area is 153 Å². The molecule has 0 radical (unpaired) electrons. The molecule has 2 aliphatic rings. The summed E-state index contributed by atoms with van der Waals surface area (Å²) in [5.41, 5.74) is 0.454. The second-order valence-corrected chi connectivity index (χ2v) is 8.14. The fourth-order valence-corrected chi connectivity index (χ4v) is 4.03. The third-order valence-corrected chi connectivity index (χ3v) is 5.91. The molecule has 0 atom stereocenters. The van der Waals surface area contributed by atoms with Crippen LogP contribution in [0, 0.1) is 5.41 Å². The minimum atomic E-state index is 0.0858. The molecular formula is C19H38N4O2. The van der Waals surface area contributed by atoms with Gasteiger partial charge in [-0.15, -0.1) is 0 Å². The summed E-state index contributed by atoms with van der Waals surface area (Å²) in [6.07, 6.45) is 6.38. The topological polar surface area (TPSA) is 58.1 Å². The number of nitrogens with one attached hydrogen (secondary N) is 2. The van der Waals surface area contributed by atoms with Crippen LogP contribution < -0.4 is 10.6 Å². The van der Waals surface area contributed by atoms with E-state index >= 15 is 0 Å². The first-order valence-corrected chi connectivity index (χ1v) is 9.78. The summed E-state index contributed by atoms with van der Waals surface area (Å²) in [7, 11) is 3.65. The molecule has 0 unspecified atom stereocenters. The Kier molecular flexibility index (Phi) is 7.97. The molecule has 2 N–H and O–H groups in total. The van der Waals surface area contributed by atoms with Gasteiger partial charge in [-0.25, -0.2) is 0 Å². The standard InChI is InChI=1S/C19H38N4O2/c1-18(2,23-10-13-25-14-11-23)15-21-17(20-3)22-16-19(9-12-24-4)7-5-6-8-19/h5-16H2,1-4H3,(H2,20,21,22). The van der Waals surface area contributed by atoms with Crippen LogP contribution in [-0.4, -0.2) is 76.6 Å². The van der Waals surface area contributed by atoms with Gasteiger partial charge in [0.05, 0.1) is 13.2 Å². The zero-order chi connectivity index (χ0) is 18.2. The Morgan fingerprint density at radius 3 is 2.48 bits per heavy atom. The van der Waals surface area contributed by atoms with E-state index in [1.807, 2.05) is 7.05 Å². The van der Waals surface area contributed by atoms with Crippen molar-refractivity contribution in [3.63, 3.8) is 0 Å². The minimum Gasteiger partial charge on any atom is -0.385 e. The normalized spacial score (nSPS) is 22.2. The number of nitrogens with zero attached hydrogens (tertiary/aromatic N) is 2. The van der Waals surface area contributed by atoms with Crippen molar-refractivity contribution < 1.29 is 9.47 Å². The molecule has 1 heterocycles. The largest absolute Gasteiger partial charge is 0.385 e. The second-order valence-electron chi connectivity index (χ2n) is 8.14. The number of rotatable bonds is 8. The van der Waals surface area contributed by atoms with Crippen molar-refractivity contribution in [3.8, 4) is 0 Å². The van der Waals surface area contributed by atoms with Gasteiger partial charge in [0, 0.05) is 52.5 Å². The van der Waals surface area contributed by atoms with E-state index in [9.17, 15) is 0 Å². The van der Waals surface area contributed by atoms with Gasteiger partial charge in [-0.2, -0.15) is 0 Å². The highest BCUT2D eigenvalue weighted by Gasteiger charge is 2.34. The van der Waals surface area contributed by atoms with E-state index in [0.29, 0.717) is 5.41 Å². The van der Waals surface area contributed by atoms with Gasteiger partial charge >= 0.3 is 0 Å². The van der Waals surface area contributed by atoms with Crippen LogP contribution in [0.1, 0.15) is 46.0 Å². The van der Waals surface area contributed by atoms with Gasteiger partial charge in [-0.1, -0.05) is 12.8 Å². The van der Waals surface area contributed by atoms with E-state index in [4.69, 9.17) is 9.47 Å². The van der Waals surface area contributed by atoms with Crippen molar-refractivity contribution in [1.29, 1.82) is 0 Å². The lowest BCUT2D eigenvalue weighted by molar-refractivity contribution is -0.00835. The maximum absolute atomic E-state index is 5.47.